The molecule has 1 aromatic rings. The summed E-state index contributed by atoms with van der Waals surface area (Å²) in [5.74, 6) is 4.42. The van der Waals surface area contributed by atoms with Gasteiger partial charge < -0.3 is 20.9 Å². The lowest BCUT2D eigenvalue weighted by Gasteiger charge is -2.56. The lowest BCUT2D eigenvalue weighted by atomic mass is 9.53. The van der Waals surface area contributed by atoms with E-state index in [1.54, 1.807) is 0 Å². The van der Waals surface area contributed by atoms with Gasteiger partial charge in [0, 0.05) is 48.1 Å². The molecule has 174 valence electrons. The van der Waals surface area contributed by atoms with Crippen molar-refractivity contribution in [2.24, 2.45) is 17.8 Å². The molecule has 4 bridgehead atoms. The van der Waals surface area contributed by atoms with Gasteiger partial charge in [-0.25, -0.2) is 4.79 Å². The Bertz CT molecular complexity index is 838. The van der Waals surface area contributed by atoms with Gasteiger partial charge >= 0.3 is 6.03 Å². The van der Waals surface area contributed by atoms with Crippen molar-refractivity contribution in [2.75, 3.05) is 41.4 Å². The van der Waals surface area contributed by atoms with Crippen LogP contribution in [0.2, 0.25) is 5.02 Å². The highest BCUT2D eigenvalue weighted by atomic mass is 35.5. The first-order valence-electron chi connectivity index (χ1n) is 12.0. The van der Waals surface area contributed by atoms with Gasteiger partial charge in [-0.2, -0.15) is 11.8 Å². The van der Waals surface area contributed by atoms with Gasteiger partial charge in [0.1, 0.15) is 0 Å². The minimum absolute atomic E-state index is 0.0104. The molecule has 1 heterocycles. The maximum absolute atomic E-state index is 12.6. The van der Waals surface area contributed by atoms with E-state index >= 15 is 0 Å². The summed E-state index contributed by atoms with van der Waals surface area (Å²) in [7, 11) is 0. The SMILES string of the molecule is O=C(CCNC(=O)NC12CC3CC(CC(C3)C1)C2)Nc1cc(Cl)ccc1N1CCSCC1. The number of carbonyl (C=O) groups is 2. The monoisotopic (exact) mass is 476 g/mol. The van der Waals surface area contributed by atoms with E-state index in [4.69, 9.17) is 11.6 Å². The Morgan fingerprint density at radius 1 is 1.06 bits per heavy atom. The van der Waals surface area contributed by atoms with Crippen molar-refractivity contribution in [1.29, 1.82) is 0 Å². The van der Waals surface area contributed by atoms with Gasteiger partial charge in [0.25, 0.3) is 0 Å². The average Bonchev–Trinajstić information content (AvgIpc) is 2.73. The van der Waals surface area contributed by atoms with E-state index in [0.29, 0.717) is 11.6 Å². The molecule has 4 saturated carbocycles. The van der Waals surface area contributed by atoms with Crippen LogP contribution in [0.4, 0.5) is 16.2 Å². The Labute approximate surface area is 199 Å². The van der Waals surface area contributed by atoms with Crippen LogP contribution in [0.15, 0.2) is 18.2 Å². The van der Waals surface area contributed by atoms with Crippen LogP contribution in [0, 0.1) is 17.8 Å². The highest BCUT2D eigenvalue weighted by Crippen LogP contribution is 2.55. The summed E-state index contributed by atoms with van der Waals surface area (Å²) >= 11 is 8.14. The molecule has 8 heteroatoms. The number of nitrogens with one attached hydrogen (secondary N) is 3. The normalized spacial score (nSPS) is 30.8. The van der Waals surface area contributed by atoms with Crippen LogP contribution in [-0.4, -0.2) is 48.6 Å². The first-order valence-corrected chi connectivity index (χ1v) is 13.5. The van der Waals surface area contributed by atoms with Crippen molar-refractivity contribution >= 4 is 46.7 Å². The van der Waals surface area contributed by atoms with Crippen LogP contribution in [0.5, 0.6) is 0 Å². The molecule has 1 aromatic carbocycles. The average molecular weight is 477 g/mol. The smallest absolute Gasteiger partial charge is 0.315 e. The fourth-order valence-corrected chi connectivity index (χ4v) is 7.81. The number of amides is 3. The van der Waals surface area contributed by atoms with Crippen LogP contribution in [0.25, 0.3) is 0 Å². The minimum atomic E-state index is -0.131. The van der Waals surface area contributed by atoms with Crippen LogP contribution in [-0.2, 0) is 4.79 Å². The van der Waals surface area contributed by atoms with Crippen molar-refractivity contribution in [3.05, 3.63) is 23.2 Å². The number of nitrogens with zero attached hydrogens (tertiary/aromatic N) is 1. The number of urea groups is 1. The largest absolute Gasteiger partial charge is 0.368 e. The number of hydrogen-bond acceptors (Lipinski definition) is 4. The van der Waals surface area contributed by atoms with Crippen molar-refractivity contribution in [2.45, 2.75) is 50.5 Å². The summed E-state index contributed by atoms with van der Waals surface area (Å²) in [5.41, 5.74) is 1.74. The quantitative estimate of drug-likeness (QED) is 0.565. The fourth-order valence-electron chi connectivity index (χ4n) is 6.74. The third kappa shape index (κ3) is 4.98. The second-order valence-corrected chi connectivity index (χ2v) is 11.8. The molecule has 0 atom stereocenters. The van der Waals surface area contributed by atoms with Crippen molar-refractivity contribution < 1.29 is 9.59 Å². The Hall–Kier alpha value is -1.60. The summed E-state index contributed by atoms with van der Waals surface area (Å²) in [6, 6.07) is 5.52. The molecule has 5 fully saturated rings. The summed E-state index contributed by atoms with van der Waals surface area (Å²) in [6.07, 6.45) is 7.66. The first kappa shape index (κ1) is 22.2. The van der Waals surface area contributed by atoms with Gasteiger partial charge in [-0.1, -0.05) is 11.6 Å². The maximum atomic E-state index is 12.6. The Morgan fingerprint density at radius 2 is 1.72 bits per heavy atom. The van der Waals surface area contributed by atoms with E-state index < -0.39 is 0 Å². The first-order chi connectivity index (χ1) is 15.5. The highest BCUT2D eigenvalue weighted by Gasteiger charge is 2.51. The molecule has 6 rings (SSSR count). The fraction of sp³-hybridized carbons (Fsp3) is 0.667. The number of thioether (sulfide) groups is 1. The number of anilines is 2. The van der Waals surface area contributed by atoms with Crippen LogP contribution in [0.3, 0.4) is 0 Å². The second kappa shape index (κ2) is 9.34. The van der Waals surface area contributed by atoms with Crippen LogP contribution >= 0.6 is 23.4 Å². The lowest BCUT2D eigenvalue weighted by molar-refractivity contribution is -0.116. The third-order valence-electron chi connectivity index (χ3n) is 7.64. The lowest BCUT2D eigenvalue weighted by Crippen LogP contribution is -2.61. The molecular weight excluding hydrogens is 444 g/mol. The van der Waals surface area contributed by atoms with E-state index in [0.717, 1.165) is 73.0 Å². The highest BCUT2D eigenvalue weighted by molar-refractivity contribution is 7.99. The Balaban J connectivity index is 1.11. The molecule has 4 aliphatic carbocycles. The van der Waals surface area contributed by atoms with E-state index in [-0.39, 0.29) is 23.9 Å². The molecule has 1 aliphatic heterocycles. The summed E-state index contributed by atoms with van der Waals surface area (Å²) < 4.78 is 0. The van der Waals surface area contributed by atoms with E-state index in [2.05, 4.69) is 20.9 Å². The van der Waals surface area contributed by atoms with E-state index in [1.807, 2.05) is 30.0 Å². The van der Waals surface area contributed by atoms with Gasteiger partial charge in [-0.15, -0.1) is 0 Å². The van der Waals surface area contributed by atoms with Gasteiger partial charge in [0.15, 0.2) is 0 Å². The molecule has 0 radical (unpaired) electrons. The zero-order valence-corrected chi connectivity index (χ0v) is 20.1. The van der Waals surface area contributed by atoms with Crippen molar-refractivity contribution in [3.63, 3.8) is 0 Å². The molecule has 0 spiro atoms. The molecule has 5 aliphatic rings. The molecule has 0 aromatic heterocycles. The zero-order chi connectivity index (χ0) is 22.1. The number of hydrogen-bond donors (Lipinski definition) is 3. The van der Waals surface area contributed by atoms with Gasteiger partial charge in [0.2, 0.25) is 5.91 Å². The van der Waals surface area contributed by atoms with Gasteiger partial charge in [0.05, 0.1) is 11.4 Å². The maximum Gasteiger partial charge on any atom is 0.315 e. The molecule has 0 unspecified atom stereocenters. The molecule has 32 heavy (non-hydrogen) atoms. The number of benzene rings is 1. The van der Waals surface area contributed by atoms with E-state index in [9.17, 15) is 9.59 Å². The Kier molecular flexibility index (Phi) is 6.48. The van der Waals surface area contributed by atoms with Crippen molar-refractivity contribution in [3.8, 4) is 0 Å². The topological polar surface area (TPSA) is 73.5 Å². The zero-order valence-electron chi connectivity index (χ0n) is 18.5. The summed E-state index contributed by atoms with van der Waals surface area (Å²) in [6.45, 7) is 2.24. The number of rotatable bonds is 6. The molecular formula is C24H33ClN4O2S. The molecule has 3 N–H and O–H groups in total. The molecule has 1 saturated heterocycles. The summed E-state index contributed by atoms with van der Waals surface area (Å²) in [4.78, 5) is 27.5. The standard InChI is InChI=1S/C24H33ClN4O2S/c25-19-1-2-21(29-5-7-32-8-6-29)20(12-19)27-22(30)3-4-26-23(31)28-24-13-16-9-17(14-24)11-18(10-16)15-24/h1-2,12,16-18H,3-11,13-15H2,(H,27,30)(H2,26,28,31). The summed E-state index contributed by atoms with van der Waals surface area (Å²) in [5, 5.41) is 9.82. The minimum Gasteiger partial charge on any atom is -0.368 e. The Morgan fingerprint density at radius 3 is 2.38 bits per heavy atom. The molecule has 3 amide bonds. The van der Waals surface area contributed by atoms with Crippen molar-refractivity contribution in [1.82, 2.24) is 10.6 Å². The predicted octanol–water partition coefficient (Wildman–Crippen LogP) is 4.49. The number of carbonyl (C=O) groups excluding carboxylic acids is 2. The number of halogens is 1. The van der Waals surface area contributed by atoms with Crippen LogP contribution < -0.4 is 20.9 Å². The second-order valence-electron chi connectivity index (χ2n) is 10.1. The van der Waals surface area contributed by atoms with Gasteiger partial charge in [-0.05, 0) is 74.5 Å². The van der Waals surface area contributed by atoms with E-state index in [1.165, 1.54) is 19.3 Å². The molecule has 6 nitrogen and oxygen atoms in total. The third-order valence-corrected chi connectivity index (χ3v) is 8.82. The van der Waals surface area contributed by atoms with Crippen LogP contribution in [0.1, 0.15) is 44.9 Å². The predicted molar refractivity (Wildman–Crippen MR) is 132 cm³/mol. The van der Waals surface area contributed by atoms with Gasteiger partial charge in [-0.3, -0.25) is 4.79 Å².